The van der Waals surface area contributed by atoms with Crippen LogP contribution in [0, 0.1) is 0 Å². The number of fused-ring (bicyclic) bond motifs is 1. The number of halogens is 1. The van der Waals surface area contributed by atoms with E-state index in [0.29, 0.717) is 0 Å². The van der Waals surface area contributed by atoms with Crippen molar-refractivity contribution in [1.29, 1.82) is 0 Å². The average Bonchev–Trinajstić information content (AvgIpc) is 2.58. The number of para-hydroxylation sites is 1. The highest BCUT2D eigenvalue weighted by Crippen LogP contribution is 2.21. The van der Waals surface area contributed by atoms with Crippen LogP contribution in [0.5, 0.6) is 0 Å². The first kappa shape index (κ1) is 10.7. The van der Waals surface area contributed by atoms with Crippen molar-refractivity contribution >= 4 is 26.8 Å². The van der Waals surface area contributed by atoms with Crippen molar-refractivity contribution in [3.05, 3.63) is 36.0 Å². The van der Waals surface area contributed by atoms with Crippen LogP contribution in [0.4, 0.5) is 0 Å². The van der Waals surface area contributed by atoms with E-state index >= 15 is 0 Å². The van der Waals surface area contributed by atoms with Gasteiger partial charge in [-0.05, 0) is 30.9 Å². The summed E-state index contributed by atoms with van der Waals surface area (Å²) in [7, 11) is 2.12. The Morgan fingerprint density at radius 2 is 2.00 bits per heavy atom. The third-order valence-corrected chi connectivity index (χ3v) is 3.37. The Bertz CT molecular complexity index is 445. The Hall–Kier alpha value is -0.760. The molecule has 0 saturated heterocycles. The molecule has 2 heteroatoms. The Balaban J connectivity index is 2.27. The first-order chi connectivity index (χ1) is 7.33. The predicted octanol–water partition coefficient (Wildman–Crippen LogP) is 3.90. The van der Waals surface area contributed by atoms with Crippen LogP contribution in [-0.2, 0) is 13.5 Å². The van der Waals surface area contributed by atoms with Crippen LogP contribution >= 0.6 is 15.9 Å². The number of unbranched alkanes of at least 4 members (excludes halogenated alkanes) is 1. The van der Waals surface area contributed by atoms with Crippen LogP contribution in [0.1, 0.15) is 18.4 Å². The van der Waals surface area contributed by atoms with Gasteiger partial charge in [0.2, 0.25) is 0 Å². The van der Waals surface area contributed by atoms with E-state index in [-0.39, 0.29) is 0 Å². The quantitative estimate of drug-likeness (QED) is 0.584. The van der Waals surface area contributed by atoms with Gasteiger partial charge in [-0.25, -0.2) is 0 Å². The standard InChI is InChI=1S/C13H16BrN/c1-15-10-11(6-4-5-9-14)12-7-2-3-8-13(12)15/h2-3,7-8,10H,4-6,9H2,1H3. The highest BCUT2D eigenvalue weighted by molar-refractivity contribution is 9.09. The minimum absolute atomic E-state index is 1.11. The smallest absolute Gasteiger partial charge is 0.0480 e. The number of rotatable bonds is 4. The van der Waals surface area contributed by atoms with Crippen molar-refractivity contribution in [1.82, 2.24) is 4.57 Å². The van der Waals surface area contributed by atoms with E-state index in [1.54, 1.807) is 0 Å². The fourth-order valence-corrected chi connectivity index (χ4v) is 2.43. The van der Waals surface area contributed by atoms with Crippen molar-refractivity contribution in [3.8, 4) is 0 Å². The molecule has 0 saturated carbocycles. The van der Waals surface area contributed by atoms with Gasteiger partial charge in [0.15, 0.2) is 0 Å². The van der Waals surface area contributed by atoms with Crippen LogP contribution in [0.2, 0.25) is 0 Å². The molecule has 0 aliphatic rings. The van der Waals surface area contributed by atoms with Crippen molar-refractivity contribution in [2.75, 3.05) is 5.33 Å². The monoisotopic (exact) mass is 265 g/mol. The molecular formula is C13H16BrN. The van der Waals surface area contributed by atoms with Crippen LogP contribution < -0.4 is 0 Å². The van der Waals surface area contributed by atoms with E-state index < -0.39 is 0 Å². The molecule has 2 aromatic rings. The molecule has 0 fully saturated rings. The maximum atomic E-state index is 3.47. The lowest BCUT2D eigenvalue weighted by Gasteiger charge is -1.97. The molecule has 80 valence electrons. The van der Waals surface area contributed by atoms with E-state index in [4.69, 9.17) is 0 Å². The van der Waals surface area contributed by atoms with Gasteiger partial charge in [0.1, 0.15) is 0 Å². The van der Waals surface area contributed by atoms with Gasteiger partial charge in [0, 0.05) is 29.5 Å². The molecule has 1 nitrogen and oxygen atoms in total. The number of alkyl halides is 1. The zero-order valence-electron chi connectivity index (χ0n) is 9.04. The molecule has 0 N–H and O–H groups in total. The first-order valence-electron chi connectivity index (χ1n) is 5.42. The fraction of sp³-hybridized carbons (Fsp3) is 0.385. The van der Waals surface area contributed by atoms with Crippen molar-refractivity contribution < 1.29 is 0 Å². The van der Waals surface area contributed by atoms with E-state index in [2.05, 4.69) is 58.0 Å². The molecule has 0 aliphatic heterocycles. The largest absolute Gasteiger partial charge is 0.350 e. The first-order valence-corrected chi connectivity index (χ1v) is 6.54. The summed E-state index contributed by atoms with van der Waals surface area (Å²) in [4.78, 5) is 0. The van der Waals surface area contributed by atoms with Crippen LogP contribution in [0.25, 0.3) is 10.9 Å². The molecule has 1 heterocycles. The second-order valence-electron chi connectivity index (χ2n) is 3.93. The molecule has 0 amide bonds. The number of hydrogen-bond acceptors (Lipinski definition) is 0. The summed E-state index contributed by atoms with van der Waals surface area (Å²) in [5.41, 5.74) is 2.82. The Morgan fingerprint density at radius 1 is 1.20 bits per heavy atom. The van der Waals surface area contributed by atoms with Gasteiger partial charge < -0.3 is 4.57 Å². The highest BCUT2D eigenvalue weighted by atomic mass is 79.9. The summed E-state index contributed by atoms with van der Waals surface area (Å²) >= 11 is 3.47. The molecule has 1 aromatic carbocycles. The molecule has 0 aliphatic carbocycles. The summed E-state index contributed by atoms with van der Waals surface area (Å²) in [5, 5.41) is 2.52. The Labute approximate surface area is 99.2 Å². The van der Waals surface area contributed by atoms with E-state index in [1.165, 1.54) is 35.7 Å². The number of nitrogens with zero attached hydrogens (tertiary/aromatic N) is 1. The molecule has 1 aromatic heterocycles. The zero-order valence-corrected chi connectivity index (χ0v) is 10.6. The van der Waals surface area contributed by atoms with Crippen LogP contribution in [0.3, 0.4) is 0 Å². The molecule has 2 rings (SSSR count). The Morgan fingerprint density at radius 3 is 2.80 bits per heavy atom. The number of benzene rings is 1. The summed E-state index contributed by atoms with van der Waals surface area (Å²) in [5.74, 6) is 0. The fourth-order valence-electron chi connectivity index (χ4n) is 2.03. The molecular weight excluding hydrogens is 250 g/mol. The van der Waals surface area contributed by atoms with Crippen LogP contribution in [0.15, 0.2) is 30.5 Å². The van der Waals surface area contributed by atoms with E-state index in [0.717, 1.165) is 5.33 Å². The molecule has 15 heavy (non-hydrogen) atoms. The summed E-state index contributed by atoms with van der Waals surface area (Å²) < 4.78 is 2.22. The highest BCUT2D eigenvalue weighted by Gasteiger charge is 2.04. The average molecular weight is 266 g/mol. The lowest BCUT2D eigenvalue weighted by molar-refractivity contribution is 0.805. The number of aryl methyl sites for hydroxylation is 2. The van der Waals surface area contributed by atoms with Gasteiger partial charge in [-0.2, -0.15) is 0 Å². The normalized spacial score (nSPS) is 11.1. The topological polar surface area (TPSA) is 4.93 Å². The lowest BCUT2D eigenvalue weighted by atomic mass is 10.1. The van der Waals surface area contributed by atoms with Gasteiger partial charge >= 0.3 is 0 Å². The van der Waals surface area contributed by atoms with Gasteiger partial charge in [0.25, 0.3) is 0 Å². The van der Waals surface area contributed by atoms with Crippen molar-refractivity contribution in [2.45, 2.75) is 19.3 Å². The minimum Gasteiger partial charge on any atom is -0.350 e. The summed E-state index contributed by atoms with van der Waals surface area (Å²) in [6, 6.07) is 8.63. The maximum absolute atomic E-state index is 3.47. The van der Waals surface area contributed by atoms with Gasteiger partial charge in [0.05, 0.1) is 0 Å². The van der Waals surface area contributed by atoms with Crippen molar-refractivity contribution in [3.63, 3.8) is 0 Å². The molecule has 0 spiro atoms. The summed E-state index contributed by atoms with van der Waals surface area (Å²) in [6.45, 7) is 0. The van der Waals surface area contributed by atoms with Gasteiger partial charge in [-0.15, -0.1) is 0 Å². The minimum atomic E-state index is 1.11. The van der Waals surface area contributed by atoms with Gasteiger partial charge in [-0.3, -0.25) is 0 Å². The second kappa shape index (κ2) is 4.84. The molecule has 0 radical (unpaired) electrons. The maximum Gasteiger partial charge on any atom is 0.0480 e. The third-order valence-electron chi connectivity index (χ3n) is 2.81. The predicted molar refractivity (Wildman–Crippen MR) is 69.7 cm³/mol. The lowest BCUT2D eigenvalue weighted by Crippen LogP contribution is -1.85. The van der Waals surface area contributed by atoms with Crippen LogP contribution in [-0.4, -0.2) is 9.90 Å². The SMILES string of the molecule is Cn1cc(CCCCBr)c2ccccc21. The number of hydrogen-bond donors (Lipinski definition) is 0. The number of aromatic nitrogens is 1. The van der Waals surface area contributed by atoms with Crippen molar-refractivity contribution in [2.24, 2.45) is 7.05 Å². The summed E-state index contributed by atoms with van der Waals surface area (Å²) in [6.07, 6.45) is 5.97. The Kier molecular flexibility index (Phi) is 3.47. The molecule has 0 atom stereocenters. The van der Waals surface area contributed by atoms with E-state index in [1.807, 2.05) is 0 Å². The third kappa shape index (κ3) is 2.25. The zero-order chi connectivity index (χ0) is 10.7. The van der Waals surface area contributed by atoms with Gasteiger partial charge in [-0.1, -0.05) is 34.1 Å². The second-order valence-corrected chi connectivity index (χ2v) is 4.72. The van der Waals surface area contributed by atoms with E-state index in [9.17, 15) is 0 Å². The molecule has 0 bridgehead atoms. The molecule has 0 unspecified atom stereocenters.